The number of esters is 2. The summed E-state index contributed by atoms with van der Waals surface area (Å²) >= 11 is 0. The molecule has 0 unspecified atom stereocenters. The molecule has 0 radical (unpaired) electrons. The Balaban J connectivity index is 1.79. The number of rotatable bonds is 4. The van der Waals surface area contributed by atoms with Gasteiger partial charge in [-0.25, -0.2) is 31.9 Å². The molecule has 1 heterocycles. The van der Waals surface area contributed by atoms with Gasteiger partial charge < -0.3 is 19.7 Å². The van der Waals surface area contributed by atoms with Crippen molar-refractivity contribution in [3.63, 3.8) is 0 Å². The van der Waals surface area contributed by atoms with Crippen molar-refractivity contribution in [2.45, 2.75) is 38.8 Å². The summed E-state index contributed by atoms with van der Waals surface area (Å²) in [6, 6.07) is 6.44. The number of amides is 1. The fourth-order valence-corrected chi connectivity index (χ4v) is 3.40. The molecule has 0 spiro atoms. The van der Waals surface area contributed by atoms with E-state index in [0.29, 0.717) is 0 Å². The van der Waals surface area contributed by atoms with Crippen LogP contribution in [0.4, 0.5) is 28.0 Å². The van der Waals surface area contributed by atoms with Crippen molar-refractivity contribution in [3.8, 4) is 0 Å². The van der Waals surface area contributed by atoms with Crippen molar-refractivity contribution >= 4 is 23.7 Å². The van der Waals surface area contributed by atoms with E-state index in [1.807, 2.05) is 0 Å². The zero-order valence-corrected chi connectivity index (χ0v) is 18.6. The first-order chi connectivity index (χ1) is 15.9. The number of halogens is 4. The fraction of sp³-hybridized carbons (Fsp3) is 0.348. The maximum atomic E-state index is 14.8. The highest BCUT2D eigenvalue weighted by Crippen LogP contribution is 2.33. The Morgan fingerprint density at radius 3 is 2.09 bits per heavy atom. The Kier molecular flexibility index (Phi) is 7.13. The smallest absolute Gasteiger partial charge is 0.407 e. The monoisotopic (exact) mass is 482 g/mol. The lowest BCUT2D eigenvalue weighted by atomic mass is 10.1. The number of carbonyl (C=O) groups is 3. The fourth-order valence-electron chi connectivity index (χ4n) is 3.40. The van der Waals surface area contributed by atoms with Gasteiger partial charge in [0.15, 0.2) is 23.3 Å². The van der Waals surface area contributed by atoms with Gasteiger partial charge in [-0.1, -0.05) is 18.2 Å². The summed E-state index contributed by atoms with van der Waals surface area (Å²) in [6.07, 6.45) is -0.532. The molecule has 0 aliphatic carbocycles. The predicted octanol–water partition coefficient (Wildman–Crippen LogP) is 4.34. The molecule has 7 nitrogen and oxygen atoms in total. The van der Waals surface area contributed by atoms with Crippen molar-refractivity contribution < 1.29 is 41.4 Å². The second kappa shape index (κ2) is 9.70. The van der Waals surface area contributed by atoms with E-state index in [1.54, 1.807) is 26.8 Å². The first-order valence-electron chi connectivity index (χ1n) is 10.3. The van der Waals surface area contributed by atoms with Gasteiger partial charge in [0.05, 0.1) is 11.6 Å². The molecule has 0 saturated carbocycles. The van der Waals surface area contributed by atoms with E-state index in [-0.39, 0.29) is 25.1 Å². The maximum Gasteiger partial charge on any atom is 0.407 e. The highest BCUT2D eigenvalue weighted by atomic mass is 19.2. The number of hydrogen-bond donors (Lipinski definition) is 1. The lowest BCUT2D eigenvalue weighted by Gasteiger charge is -2.23. The molecule has 0 bridgehead atoms. The molecule has 1 N–H and O–H groups in total. The standard InChI is InChI=1S/C23H22F4N2O5/c1-23(2,3)34-22(32)28-13-9-10-29(11-13)19-17(26)15(24)14(16(25)18(19)27)21(31)33-20(30)12-7-5-4-6-8-12/h4-8,13H,9-11H2,1-3H3,(H,28,32)/t13-/m0/s1. The quantitative estimate of drug-likeness (QED) is 0.302. The van der Waals surface area contributed by atoms with Crippen LogP contribution >= 0.6 is 0 Å². The summed E-state index contributed by atoms with van der Waals surface area (Å²) in [6.45, 7) is 4.77. The van der Waals surface area contributed by atoms with Gasteiger partial charge in [-0.2, -0.15) is 0 Å². The first kappa shape index (κ1) is 25.0. The number of carbonyl (C=O) groups excluding carboxylic acids is 3. The molecule has 0 aromatic heterocycles. The summed E-state index contributed by atoms with van der Waals surface area (Å²) in [7, 11) is 0. The van der Waals surface area contributed by atoms with Crippen LogP contribution in [-0.4, -0.2) is 42.8 Å². The number of nitrogens with zero attached hydrogens (tertiary/aromatic N) is 1. The molecule has 11 heteroatoms. The van der Waals surface area contributed by atoms with Gasteiger partial charge in [-0.3, -0.25) is 0 Å². The summed E-state index contributed by atoms with van der Waals surface area (Å²) < 4.78 is 68.3. The number of nitrogens with one attached hydrogen (secondary N) is 1. The molecule has 1 atom stereocenters. The van der Waals surface area contributed by atoms with Crippen LogP contribution in [-0.2, 0) is 9.47 Å². The van der Waals surface area contributed by atoms with Gasteiger partial charge >= 0.3 is 18.0 Å². The molecule has 3 rings (SSSR count). The first-order valence-corrected chi connectivity index (χ1v) is 10.3. The van der Waals surface area contributed by atoms with Crippen LogP contribution in [0.1, 0.15) is 47.9 Å². The minimum atomic E-state index is -2.00. The topological polar surface area (TPSA) is 84.9 Å². The van der Waals surface area contributed by atoms with Gasteiger partial charge in [0.25, 0.3) is 0 Å². The minimum absolute atomic E-state index is 0.0382. The average Bonchev–Trinajstić information content (AvgIpc) is 3.19. The van der Waals surface area contributed by atoms with Crippen LogP contribution < -0.4 is 10.2 Å². The SMILES string of the molecule is CC(C)(C)OC(=O)N[C@H]1CCN(c2c(F)c(F)c(C(=O)OC(=O)c3ccccc3)c(F)c2F)C1. The van der Waals surface area contributed by atoms with Gasteiger partial charge in [0.2, 0.25) is 0 Å². The Morgan fingerprint density at radius 2 is 1.53 bits per heavy atom. The summed E-state index contributed by atoms with van der Waals surface area (Å²) in [5.74, 6) is -10.8. The molecular weight excluding hydrogens is 460 g/mol. The molecule has 1 amide bonds. The predicted molar refractivity (Wildman–Crippen MR) is 112 cm³/mol. The van der Waals surface area contributed by atoms with Crippen LogP contribution in [0.3, 0.4) is 0 Å². The number of hydrogen-bond acceptors (Lipinski definition) is 6. The Bertz CT molecular complexity index is 1090. The van der Waals surface area contributed by atoms with Crippen molar-refractivity contribution in [1.29, 1.82) is 0 Å². The van der Waals surface area contributed by atoms with E-state index in [9.17, 15) is 31.9 Å². The molecular formula is C23H22F4N2O5. The third-order valence-corrected chi connectivity index (χ3v) is 4.86. The molecule has 34 heavy (non-hydrogen) atoms. The molecule has 1 saturated heterocycles. The molecule has 2 aromatic carbocycles. The van der Waals surface area contributed by atoms with Gasteiger partial charge in [0.1, 0.15) is 16.9 Å². The zero-order valence-electron chi connectivity index (χ0n) is 18.6. The van der Waals surface area contributed by atoms with Gasteiger partial charge in [-0.15, -0.1) is 0 Å². The van der Waals surface area contributed by atoms with E-state index < -0.39 is 64.2 Å². The minimum Gasteiger partial charge on any atom is -0.444 e. The Hall–Kier alpha value is -3.63. The number of benzene rings is 2. The Labute approximate surface area is 192 Å². The summed E-state index contributed by atoms with van der Waals surface area (Å²) in [5, 5.41) is 2.52. The van der Waals surface area contributed by atoms with Crippen LogP contribution in [0.5, 0.6) is 0 Å². The Morgan fingerprint density at radius 1 is 0.941 bits per heavy atom. The van der Waals surface area contributed by atoms with Crippen molar-refractivity contribution in [2.24, 2.45) is 0 Å². The lowest BCUT2D eigenvalue weighted by molar-refractivity contribution is 0.0388. The lowest BCUT2D eigenvalue weighted by Crippen LogP contribution is -2.40. The van der Waals surface area contributed by atoms with E-state index in [4.69, 9.17) is 4.74 Å². The van der Waals surface area contributed by atoms with Crippen molar-refractivity contribution in [1.82, 2.24) is 5.32 Å². The maximum absolute atomic E-state index is 14.8. The van der Waals surface area contributed by atoms with E-state index in [0.717, 1.165) is 4.90 Å². The normalized spacial score (nSPS) is 15.7. The second-order valence-corrected chi connectivity index (χ2v) is 8.60. The van der Waals surface area contributed by atoms with Crippen LogP contribution in [0.25, 0.3) is 0 Å². The number of ether oxygens (including phenoxy) is 2. The largest absolute Gasteiger partial charge is 0.444 e. The molecule has 1 aliphatic heterocycles. The molecule has 1 aliphatic rings. The summed E-state index contributed by atoms with van der Waals surface area (Å²) in [5.41, 5.74) is -3.56. The molecule has 1 fully saturated rings. The number of anilines is 1. The van der Waals surface area contributed by atoms with Gasteiger partial charge in [-0.05, 0) is 39.3 Å². The number of alkyl carbamates (subject to hydrolysis) is 1. The third kappa shape index (κ3) is 5.46. The van der Waals surface area contributed by atoms with Crippen molar-refractivity contribution in [2.75, 3.05) is 18.0 Å². The van der Waals surface area contributed by atoms with Crippen LogP contribution in [0, 0.1) is 23.3 Å². The van der Waals surface area contributed by atoms with Crippen molar-refractivity contribution in [3.05, 3.63) is 64.7 Å². The molecule has 2 aromatic rings. The van der Waals surface area contributed by atoms with Crippen LogP contribution in [0.15, 0.2) is 30.3 Å². The second-order valence-electron chi connectivity index (χ2n) is 8.60. The highest BCUT2D eigenvalue weighted by molar-refractivity contribution is 6.03. The zero-order chi connectivity index (χ0) is 25.2. The van der Waals surface area contributed by atoms with Crippen LogP contribution in [0.2, 0.25) is 0 Å². The van der Waals surface area contributed by atoms with E-state index >= 15 is 0 Å². The summed E-state index contributed by atoms with van der Waals surface area (Å²) in [4.78, 5) is 37.1. The van der Waals surface area contributed by atoms with Gasteiger partial charge in [0, 0.05) is 13.1 Å². The van der Waals surface area contributed by atoms with E-state index in [2.05, 4.69) is 10.1 Å². The third-order valence-electron chi connectivity index (χ3n) is 4.86. The molecule has 182 valence electrons. The highest BCUT2D eigenvalue weighted by Gasteiger charge is 2.36. The average molecular weight is 482 g/mol. The van der Waals surface area contributed by atoms with E-state index in [1.165, 1.54) is 24.3 Å².